The summed E-state index contributed by atoms with van der Waals surface area (Å²) in [5.41, 5.74) is 8.35. The van der Waals surface area contributed by atoms with Crippen LogP contribution in [0.3, 0.4) is 0 Å². The molecule has 1 aromatic carbocycles. The monoisotopic (exact) mass is 207 g/mol. The highest BCUT2D eigenvalue weighted by atomic mass is 16.5. The van der Waals surface area contributed by atoms with Crippen LogP contribution in [0.1, 0.15) is 31.9 Å². The summed E-state index contributed by atoms with van der Waals surface area (Å²) in [4.78, 5) is 0. The fourth-order valence-corrected chi connectivity index (χ4v) is 1.70. The minimum absolute atomic E-state index is 0.215. The predicted molar refractivity (Wildman–Crippen MR) is 64.3 cm³/mol. The molecule has 0 radical (unpaired) electrons. The van der Waals surface area contributed by atoms with Gasteiger partial charge in [-0.2, -0.15) is 0 Å². The molecule has 0 aliphatic carbocycles. The Bertz CT molecular complexity index is 307. The molecule has 1 aromatic rings. The van der Waals surface area contributed by atoms with Gasteiger partial charge in [0.15, 0.2) is 0 Å². The summed E-state index contributed by atoms with van der Waals surface area (Å²) in [7, 11) is 0. The van der Waals surface area contributed by atoms with Crippen molar-refractivity contribution in [1.82, 2.24) is 0 Å². The average molecular weight is 207 g/mol. The Morgan fingerprint density at radius 2 is 2.07 bits per heavy atom. The molecular formula is C13H21NO. The van der Waals surface area contributed by atoms with Gasteiger partial charge in [0.25, 0.3) is 0 Å². The summed E-state index contributed by atoms with van der Waals surface area (Å²) in [6, 6.07) is 6.58. The van der Waals surface area contributed by atoms with E-state index in [1.165, 1.54) is 11.1 Å². The summed E-state index contributed by atoms with van der Waals surface area (Å²) in [6.45, 7) is 6.91. The van der Waals surface area contributed by atoms with Gasteiger partial charge >= 0.3 is 0 Å². The number of aryl methyl sites for hydroxylation is 1. The first kappa shape index (κ1) is 12.1. The maximum atomic E-state index is 5.78. The van der Waals surface area contributed by atoms with Gasteiger partial charge in [0, 0.05) is 6.04 Å². The van der Waals surface area contributed by atoms with Crippen LogP contribution in [0.2, 0.25) is 0 Å². The molecule has 2 heteroatoms. The molecule has 0 heterocycles. The van der Waals surface area contributed by atoms with Crippen molar-refractivity contribution in [3.8, 4) is 5.75 Å². The third-order valence-corrected chi connectivity index (χ3v) is 2.36. The molecule has 2 N–H and O–H groups in total. The third kappa shape index (κ3) is 3.56. The van der Waals surface area contributed by atoms with Crippen molar-refractivity contribution in [3.63, 3.8) is 0 Å². The fourth-order valence-electron chi connectivity index (χ4n) is 1.70. The maximum Gasteiger partial charge on any atom is 0.122 e. The fraction of sp³-hybridized carbons (Fsp3) is 0.538. The number of nitrogens with two attached hydrogens (primary N) is 1. The molecule has 1 atom stereocenters. The van der Waals surface area contributed by atoms with Gasteiger partial charge < -0.3 is 10.5 Å². The van der Waals surface area contributed by atoms with Gasteiger partial charge in [-0.15, -0.1) is 0 Å². The molecule has 0 aliphatic heterocycles. The number of rotatable bonds is 5. The lowest BCUT2D eigenvalue weighted by molar-refractivity contribution is 0.336. The van der Waals surface area contributed by atoms with Gasteiger partial charge in [0.05, 0.1) is 6.61 Å². The first-order valence-corrected chi connectivity index (χ1v) is 5.67. The van der Waals surface area contributed by atoms with E-state index in [1.807, 2.05) is 13.8 Å². The van der Waals surface area contributed by atoms with E-state index in [0.717, 1.165) is 25.2 Å². The van der Waals surface area contributed by atoms with Crippen LogP contribution < -0.4 is 10.5 Å². The second-order valence-corrected chi connectivity index (χ2v) is 3.91. The highest BCUT2D eigenvalue weighted by Gasteiger charge is 2.04. The topological polar surface area (TPSA) is 35.2 Å². The Hall–Kier alpha value is -1.02. The van der Waals surface area contributed by atoms with Crippen LogP contribution >= 0.6 is 0 Å². The van der Waals surface area contributed by atoms with Gasteiger partial charge in [-0.1, -0.05) is 19.1 Å². The highest BCUT2D eigenvalue weighted by Crippen LogP contribution is 2.21. The standard InChI is InChI=1S/C13H21NO/c1-4-12-9-11(8-10(3)14)6-7-13(12)15-5-2/h6-7,9-10H,4-5,8,14H2,1-3H3. The van der Waals surface area contributed by atoms with E-state index in [4.69, 9.17) is 10.5 Å². The zero-order valence-corrected chi connectivity index (χ0v) is 9.92. The lowest BCUT2D eigenvalue weighted by Gasteiger charge is -2.12. The van der Waals surface area contributed by atoms with Gasteiger partial charge in [-0.3, -0.25) is 0 Å². The molecule has 84 valence electrons. The van der Waals surface area contributed by atoms with Crippen molar-refractivity contribution >= 4 is 0 Å². The summed E-state index contributed by atoms with van der Waals surface area (Å²) < 4.78 is 5.56. The van der Waals surface area contributed by atoms with Crippen molar-refractivity contribution in [2.24, 2.45) is 5.73 Å². The molecule has 0 spiro atoms. The zero-order chi connectivity index (χ0) is 11.3. The molecular weight excluding hydrogens is 186 g/mol. The Balaban J connectivity index is 2.86. The normalized spacial score (nSPS) is 12.5. The van der Waals surface area contributed by atoms with Crippen molar-refractivity contribution in [3.05, 3.63) is 29.3 Å². The van der Waals surface area contributed by atoms with Gasteiger partial charge in [-0.05, 0) is 43.9 Å². The zero-order valence-electron chi connectivity index (χ0n) is 9.92. The van der Waals surface area contributed by atoms with Crippen LogP contribution in [0.4, 0.5) is 0 Å². The Labute approximate surface area is 92.4 Å². The third-order valence-electron chi connectivity index (χ3n) is 2.36. The van der Waals surface area contributed by atoms with E-state index < -0.39 is 0 Å². The van der Waals surface area contributed by atoms with Crippen LogP contribution in [0.15, 0.2) is 18.2 Å². The van der Waals surface area contributed by atoms with Gasteiger partial charge in [0.2, 0.25) is 0 Å². The molecule has 0 saturated carbocycles. The first-order chi connectivity index (χ1) is 7.17. The molecule has 0 aliphatic rings. The maximum absolute atomic E-state index is 5.78. The summed E-state index contributed by atoms with van der Waals surface area (Å²) in [6.07, 6.45) is 1.93. The number of hydrogen-bond acceptors (Lipinski definition) is 2. The Morgan fingerprint density at radius 1 is 1.33 bits per heavy atom. The van der Waals surface area contributed by atoms with Crippen molar-refractivity contribution in [1.29, 1.82) is 0 Å². The minimum Gasteiger partial charge on any atom is -0.494 e. The van der Waals surface area contributed by atoms with Crippen molar-refractivity contribution in [2.75, 3.05) is 6.61 Å². The van der Waals surface area contributed by atoms with E-state index in [2.05, 4.69) is 25.1 Å². The molecule has 2 nitrogen and oxygen atoms in total. The minimum atomic E-state index is 0.215. The molecule has 0 saturated heterocycles. The van der Waals surface area contributed by atoms with E-state index in [1.54, 1.807) is 0 Å². The van der Waals surface area contributed by atoms with Crippen LogP contribution in [0.25, 0.3) is 0 Å². The lowest BCUT2D eigenvalue weighted by atomic mass is 10.0. The summed E-state index contributed by atoms with van der Waals surface area (Å²) in [5, 5.41) is 0. The van der Waals surface area contributed by atoms with Crippen LogP contribution in [0.5, 0.6) is 5.75 Å². The molecule has 0 bridgehead atoms. The second kappa shape index (κ2) is 5.76. The SMILES string of the molecule is CCOc1ccc(CC(C)N)cc1CC. The highest BCUT2D eigenvalue weighted by molar-refractivity contribution is 5.37. The van der Waals surface area contributed by atoms with E-state index in [0.29, 0.717) is 0 Å². The number of hydrogen-bond donors (Lipinski definition) is 1. The van der Waals surface area contributed by atoms with Gasteiger partial charge in [-0.25, -0.2) is 0 Å². The predicted octanol–water partition coefficient (Wildman–Crippen LogP) is 2.54. The van der Waals surface area contributed by atoms with Gasteiger partial charge in [0.1, 0.15) is 5.75 Å². The van der Waals surface area contributed by atoms with E-state index >= 15 is 0 Å². The van der Waals surface area contributed by atoms with Crippen molar-refractivity contribution < 1.29 is 4.74 Å². The molecule has 1 rings (SSSR count). The smallest absolute Gasteiger partial charge is 0.122 e. The van der Waals surface area contributed by atoms with Crippen LogP contribution in [0, 0.1) is 0 Å². The second-order valence-electron chi connectivity index (χ2n) is 3.91. The van der Waals surface area contributed by atoms with E-state index in [-0.39, 0.29) is 6.04 Å². The number of ether oxygens (including phenoxy) is 1. The summed E-state index contributed by atoms with van der Waals surface area (Å²) in [5.74, 6) is 1.01. The van der Waals surface area contributed by atoms with E-state index in [9.17, 15) is 0 Å². The largest absolute Gasteiger partial charge is 0.494 e. The molecule has 0 fully saturated rings. The number of benzene rings is 1. The lowest BCUT2D eigenvalue weighted by Crippen LogP contribution is -2.17. The quantitative estimate of drug-likeness (QED) is 0.805. The average Bonchev–Trinajstić information content (AvgIpc) is 2.20. The van der Waals surface area contributed by atoms with Crippen LogP contribution in [-0.2, 0) is 12.8 Å². The molecule has 15 heavy (non-hydrogen) atoms. The molecule has 1 unspecified atom stereocenters. The first-order valence-electron chi connectivity index (χ1n) is 5.67. The Kier molecular flexibility index (Phi) is 4.63. The van der Waals surface area contributed by atoms with Crippen LogP contribution in [-0.4, -0.2) is 12.6 Å². The molecule has 0 aromatic heterocycles. The molecule has 0 amide bonds. The Morgan fingerprint density at radius 3 is 2.60 bits per heavy atom. The summed E-state index contributed by atoms with van der Waals surface area (Å²) >= 11 is 0. The van der Waals surface area contributed by atoms with Crippen molar-refractivity contribution in [2.45, 2.75) is 39.7 Å².